The van der Waals surface area contributed by atoms with E-state index in [2.05, 4.69) is 30.2 Å². The standard InChI is InChI=1S/C16H19ClN2O/c1-3-14-9-12(11-18-4-2)10-16(19-14)20-15-7-5-13(17)6-8-15/h5-10,18H,3-4,11H2,1-2H3. The number of nitrogens with zero attached hydrogens (tertiary/aromatic N) is 1. The van der Waals surface area contributed by atoms with Gasteiger partial charge < -0.3 is 10.1 Å². The average Bonchev–Trinajstić information content (AvgIpc) is 2.47. The number of nitrogens with one attached hydrogen (secondary N) is 1. The number of benzene rings is 1. The lowest BCUT2D eigenvalue weighted by Crippen LogP contribution is -2.12. The summed E-state index contributed by atoms with van der Waals surface area (Å²) in [6, 6.07) is 11.4. The molecular formula is C16H19ClN2O. The van der Waals surface area contributed by atoms with Gasteiger partial charge in [0.15, 0.2) is 0 Å². The van der Waals surface area contributed by atoms with Gasteiger partial charge in [0, 0.05) is 23.3 Å². The van der Waals surface area contributed by atoms with Crippen molar-refractivity contribution in [2.45, 2.75) is 26.8 Å². The number of rotatable bonds is 6. The highest BCUT2D eigenvalue weighted by atomic mass is 35.5. The van der Waals surface area contributed by atoms with Gasteiger partial charge in [-0.1, -0.05) is 25.4 Å². The average molecular weight is 291 g/mol. The zero-order valence-corrected chi connectivity index (χ0v) is 12.6. The molecule has 0 aliphatic rings. The van der Waals surface area contributed by atoms with Crippen LogP contribution >= 0.6 is 11.6 Å². The van der Waals surface area contributed by atoms with Gasteiger partial charge in [-0.2, -0.15) is 0 Å². The molecule has 1 aromatic carbocycles. The van der Waals surface area contributed by atoms with Crippen molar-refractivity contribution in [3.05, 3.63) is 52.7 Å². The highest BCUT2D eigenvalue weighted by molar-refractivity contribution is 6.30. The van der Waals surface area contributed by atoms with E-state index in [0.717, 1.165) is 31.0 Å². The molecule has 0 amide bonds. The second-order valence-corrected chi connectivity index (χ2v) is 4.93. The number of hydrogen-bond donors (Lipinski definition) is 1. The lowest BCUT2D eigenvalue weighted by Gasteiger charge is -2.10. The van der Waals surface area contributed by atoms with Crippen LogP contribution in [0, 0.1) is 0 Å². The first-order valence-corrected chi connectivity index (χ1v) is 7.23. The molecule has 106 valence electrons. The second-order valence-electron chi connectivity index (χ2n) is 4.49. The van der Waals surface area contributed by atoms with Gasteiger partial charge in [-0.3, -0.25) is 0 Å². The smallest absolute Gasteiger partial charge is 0.219 e. The van der Waals surface area contributed by atoms with Crippen LogP contribution in [0.3, 0.4) is 0 Å². The number of pyridine rings is 1. The Labute approximate surface area is 124 Å². The summed E-state index contributed by atoms with van der Waals surface area (Å²) in [4.78, 5) is 4.49. The van der Waals surface area contributed by atoms with Crippen LogP contribution in [0.5, 0.6) is 11.6 Å². The Morgan fingerprint density at radius 3 is 2.55 bits per heavy atom. The summed E-state index contributed by atoms with van der Waals surface area (Å²) in [5.74, 6) is 1.36. The van der Waals surface area contributed by atoms with E-state index >= 15 is 0 Å². The van der Waals surface area contributed by atoms with Gasteiger partial charge in [0.2, 0.25) is 5.88 Å². The SMILES string of the molecule is CCNCc1cc(CC)nc(Oc2ccc(Cl)cc2)c1. The van der Waals surface area contributed by atoms with Gasteiger partial charge in [-0.15, -0.1) is 0 Å². The molecule has 1 aromatic heterocycles. The van der Waals surface area contributed by atoms with Gasteiger partial charge in [-0.25, -0.2) is 4.98 Å². The molecule has 0 bridgehead atoms. The quantitative estimate of drug-likeness (QED) is 0.866. The molecule has 0 fully saturated rings. The van der Waals surface area contributed by atoms with Crippen LogP contribution in [0.4, 0.5) is 0 Å². The molecule has 0 saturated heterocycles. The molecule has 2 aromatic rings. The predicted octanol–water partition coefficient (Wildman–Crippen LogP) is 4.20. The largest absolute Gasteiger partial charge is 0.439 e. The normalized spacial score (nSPS) is 10.6. The molecule has 0 saturated carbocycles. The van der Waals surface area contributed by atoms with Gasteiger partial charge >= 0.3 is 0 Å². The maximum Gasteiger partial charge on any atom is 0.219 e. The van der Waals surface area contributed by atoms with Gasteiger partial charge in [0.05, 0.1) is 0 Å². The Hall–Kier alpha value is -1.58. The minimum atomic E-state index is 0.625. The molecule has 0 atom stereocenters. The van der Waals surface area contributed by atoms with E-state index in [1.165, 1.54) is 5.56 Å². The van der Waals surface area contributed by atoms with Crippen LogP contribution in [-0.4, -0.2) is 11.5 Å². The fourth-order valence-corrected chi connectivity index (χ4v) is 1.97. The van der Waals surface area contributed by atoms with E-state index in [1.807, 2.05) is 18.2 Å². The summed E-state index contributed by atoms with van der Waals surface area (Å²) in [7, 11) is 0. The molecule has 0 radical (unpaired) electrons. The molecule has 2 rings (SSSR count). The van der Waals surface area contributed by atoms with E-state index in [1.54, 1.807) is 12.1 Å². The maximum absolute atomic E-state index is 5.87. The van der Waals surface area contributed by atoms with Crippen molar-refractivity contribution in [1.82, 2.24) is 10.3 Å². The minimum absolute atomic E-state index is 0.625. The lowest BCUT2D eigenvalue weighted by molar-refractivity contribution is 0.459. The molecule has 1 N–H and O–H groups in total. The van der Waals surface area contributed by atoms with Crippen LogP contribution in [0.2, 0.25) is 5.02 Å². The van der Waals surface area contributed by atoms with Crippen molar-refractivity contribution < 1.29 is 4.74 Å². The molecule has 20 heavy (non-hydrogen) atoms. The summed E-state index contributed by atoms with van der Waals surface area (Å²) >= 11 is 5.87. The fraction of sp³-hybridized carbons (Fsp3) is 0.312. The van der Waals surface area contributed by atoms with E-state index in [0.29, 0.717) is 10.9 Å². The number of aryl methyl sites for hydroxylation is 1. The Kier molecular flexibility index (Phi) is 5.39. The second kappa shape index (κ2) is 7.27. The highest BCUT2D eigenvalue weighted by Crippen LogP contribution is 2.23. The third-order valence-corrected chi connectivity index (χ3v) is 3.14. The minimum Gasteiger partial charge on any atom is -0.439 e. The monoisotopic (exact) mass is 290 g/mol. The van der Waals surface area contributed by atoms with Crippen LogP contribution < -0.4 is 10.1 Å². The van der Waals surface area contributed by atoms with E-state index < -0.39 is 0 Å². The van der Waals surface area contributed by atoms with Crippen LogP contribution in [0.15, 0.2) is 36.4 Å². The molecule has 1 heterocycles. The maximum atomic E-state index is 5.87. The van der Waals surface area contributed by atoms with Crippen molar-refractivity contribution >= 4 is 11.6 Å². The van der Waals surface area contributed by atoms with Gasteiger partial charge in [0.25, 0.3) is 0 Å². The number of halogens is 1. The highest BCUT2D eigenvalue weighted by Gasteiger charge is 2.04. The molecule has 0 unspecified atom stereocenters. The summed E-state index contributed by atoms with van der Waals surface area (Å²) in [5, 5.41) is 4.01. The number of aromatic nitrogens is 1. The summed E-state index contributed by atoms with van der Waals surface area (Å²) in [6.45, 7) is 5.94. The Morgan fingerprint density at radius 2 is 1.90 bits per heavy atom. The van der Waals surface area contributed by atoms with Crippen LogP contribution in [0.1, 0.15) is 25.1 Å². The van der Waals surface area contributed by atoms with Crippen molar-refractivity contribution in [2.24, 2.45) is 0 Å². The fourth-order valence-electron chi connectivity index (χ4n) is 1.85. The van der Waals surface area contributed by atoms with Gasteiger partial charge in [-0.05, 0) is 48.9 Å². The van der Waals surface area contributed by atoms with Crippen molar-refractivity contribution in [1.29, 1.82) is 0 Å². The first-order chi connectivity index (χ1) is 9.71. The summed E-state index contributed by atoms with van der Waals surface area (Å²) in [6.07, 6.45) is 0.886. The van der Waals surface area contributed by atoms with E-state index in [9.17, 15) is 0 Å². The third-order valence-electron chi connectivity index (χ3n) is 2.89. The number of hydrogen-bond acceptors (Lipinski definition) is 3. The molecule has 4 heteroatoms. The molecule has 3 nitrogen and oxygen atoms in total. The zero-order valence-electron chi connectivity index (χ0n) is 11.8. The first-order valence-electron chi connectivity index (χ1n) is 6.85. The first kappa shape index (κ1) is 14.8. The van der Waals surface area contributed by atoms with Crippen LogP contribution in [0.25, 0.3) is 0 Å². The van der Waals surface area contributed by atoms with Gasteiger partial charge in [0.1, 0.15) is 5.75 Å². The molecule has 0 aliphatic carbocycles. The van der Waals surface area contributed by atoms with Crippen molar-refractivity contribution in [3.63, 3.8) is 0 Å². The Morgan fingerprint density at radius 1 is 1.15 bits per heavy atom. The number of ether oxygens (including phenoxy) is 1. The zero-order chi connectivity index (χ0) is 14.4. The third kappa shape index (κ3) is 4.22. The predicted molar refractivity (Wildman–Crippen MR) is 82.5 cm³/mol. The lowest BCUT2D eigenvalue weighted by atomic mass is 10.2. The molecule has 0 aliphatic heterocycles. The van der Waals surface area contributed by atoms with Crippen LogP contribution in [-0.2, 0) is 13.0 Å². The Bertz CT molecular complexity index is 555. The van der Waals surface area contributed by atoms with Crippen molar-refractivity contribution in [3.8, 4) is 11.6 Å². The summed E-state index contributed by atoms with van der Waals surface area (Å²) < 4.78 is 5.80. The van der Waals surface area contributed by atoms with E-state index in [4.69, 9.17) is 16.3 Å². The van der Waals surface area contributed by atoms with Crippen molar-refractivity contribution in [2.75, 3.05) is 6.54 Å². The molecule has 0 spiro atoms. The van der Waals surface area contributed by atoms with E-state index in [-0.39, 0.29) is 0 Å². The summed E-state index contributed by atoms with van der Waals surface area (Å²) in [5.41, 5.74) is 2.21. The molecular weight excluding hydrogens is 272 g/mol. The topological polar surface area (TPSA) is 34.2 Å². The Balaban J connectivity index is 2.19.